The number of nitrogens with one attached hydrogen (secondary N) is 1. The Labute approximate surface area is 186 Å². The molecule has 0 saturated carbocycles. The van der Waals surface area contributed by atoms with E-state index < -0.39 is 0 Å². The summed E-state index contributed by atoms with van der Waals surface area (Å²) in [6, 6.07) is 16.2. The average Bonchev–Trinajstić information content (AvgIpc) is 2.78. The van der Waals surface area contributed by atoms with E-state index in [1.807, 2.05) is 18.2 Å². The van der Waals surface area contributed by atoms with Gasteiger partial charge in [-0.2, -0.15) is 0 Å². The van der Waals surface area contributed by atoms with E-state index in [0.717, 1.165) is 51.0 Å². The molecule has 0 bridgehead atoms. The maximum Gasteiger partial charge on any atom is 0.228 e. The van der Waals surface area contributed by atoms with Gasteiger partial charge in [-0.25, -0.2) is 0 Å². The third kappa shape index (κ3) is 7.28. The smallest absolute Gasteiger partial charge is 0.228 e. The summed E-state index contributed by atoms with van der Waals surface area (Å²) in [7, 11) is 1.63. The Bertz CT molecular complexity index is 823. The third-order valence-electron chi connectivity index (χ3n) is 5.66. The third-order valence-corrected chi connectivity index (χ3v) is 5.66. The summed E-state index contributed by atoms with van der Waals surface area (Å²) in [6.07, 6.45) is 4.20. The van der Waals surface area contributed by atoms with Gasteiger partial charge < -0.3 is 19.7 Å². The Hall–Kier alpha value is -2.53. The lowest BCUT2D eigenvalue weighted by molar-refractivity contribution is -0.121. The van der Waals surface area contributed by atoms with Crippen LogP contribution in [0.1, 0.15) is 38.7 Å². The van der Waals surface area contributed by atoms with Gasteiger partial charge in [0.05, 0.1) is 19.6 Å². The number of hydrogen-bond acceptors (Lipinski definition) is 4. The first-order valence-electron chi connectivity index (χ1n) is 11.4. The van der Waals surface area contributed by atoms with E-state index in [9.17, 15) is 4.79 Å². The number of methoxy groups -OCH3 is 1. The number of likely N-dealkylation sites (tertiary alicyclic amines) is 1. The van der Waals surface area contributed by atoms with E-state index in [-0.39, 0.29) is 11.8 Å². The molecule has 168 valence electrons. The Morgan fingerprint density at radius 2 is 1.97 bits per heavy atom. The van der Waals surface area contributed by atoms with Gasteiger partial charge >= 0.3 is 0 Å². The largest absolute Gasteiger partial charge is 0.493 e. The van der Waals surface area contributed by atoms with Gasteiger partial charge in [0.25, 0.3) is 0 Å². The van der Waals surface area contributed by atoms with Crippen molar-refractivity contribution in [2.75, 3.05) is 38.7 Å². The van der Waals surface area contributed by atoms with E-state index in [1.165, 1.54) is 5.56 Å². The van der Waals surface area contributed by atoms with Crippen LogP contribution in [0.2, 0.25) is 0 Å². The minimum Gasteiger partial charge on any atom is -0.493 e. The SMILES string of the molecule is COc1ccc(NC(=O)[C@@H]2CCCN(CCCc3ccccc3)C2)cc1OCC(C)C. The first-order chi connectivity index (χ1) is 15.0. The zero-order chi connectivity index (χ0) is 22.1. The van der Waals surface area contributed by atoms with E-state index in [2.05, 4.69) is 54.4 Å². The van der Waals surface area contributed by atoms with Crippen LogP contribution in [0.4, 0.5) is 5.69 Å². The van der Waals surface area contributed by atoms with Crippen LogP contribution in [0.5, 0.6) is 11.5 Å². The molecule has 2 aromatic rings. The van der Waals surface area contributed by atoms with Crippen molar-refractivity contribution in [1.82, 2.24) is 4.90 Å². The van der Waals surface area contributed by atoms with Gasteiger partial charge in [0.15, 0.2) is 11.5 Å². The number of amides is 1. The minimum atomic E-state index is 0.0209. The standard InChI is InChI=1S/C26H36N2O3/c1-20(2)19-31-25-17-23(13-14-24(25)30-3)27-26(29)22-12-8-16-28(18-22)15-7-11-21-9-5-4-6-10-21/h4-6,9-10,13-14,17,20,22H,7-8,11-12,15-16,18-19H2,1-3H3,(H,27,29)/t22-/m1/s1. The van der Waals surface area contributed by atoms with Crippen molar-refractivity contribution < 1.29 is 14.3 Å². The van der Waals surface area contributed by atoms with Crippen molar-refractivity contribution in [2.45, 2.75) is 39.5 Å². The van der Waals surface area contributed by atoms with Crippen LogP contribution in [0.15, 0.2) is 48.5 Å². The molecule has 0 spiro atoms. The van der Waals surface area contributed by atoms with Crippen molar-refractivity contribution in [1.29, 1.82) is 0 Å². The molecular formula is C26H36N2O3. The highest BCUT2D eigenvalue weighted by Gasteiger charge is 2.25. The van der Waals surface area contributed by atoms with Crippen LogP contribution in [-0.2, 0) is 11.2 Å². The summed E-state index contributed by atoms with van der Waals surface area (Å²) < 4.78 is 11.3. The van der Waals surface area contributed by atoms with E-state index in [1.54, 1.807) is 7.11 Å². The Balaban J connectivity index is 1.51. The molecule has 31 heavy (non-hydrogen) atoms. The molecule has 1 aliphatic heterocycles. The molecule has 0 unspecified atom stereocenters. The number of aryl methyl sites for hydroxylation is 1. The van der Waals surface area contributed by atoms with E-state index in [4.69, 9.17) is 9.47 Å². The minimum absolute atomic E-state index is 0.0209. The first-order valence-corrected chi connectivity index (χ1v) is 11.4. The summed E-state index contributed by atoms with van der Waals surface area (Å²) in [4.78, 5) is 15.4. The molecule has 0 aliphatic carbocycles. The molecule has 2 aromatic carbocycles. The van der Waals surface area contributed by atoms with Crippen molar-refractivity contribution >= 4 is 11.6 Å². The lowest BCUT2D eigenvalue weighted by Gasteiger charge is -2.32. The highest BCUT2D eigenvalue weighted by atomic mass is 16.5. The molecule has 1 amide bonds. The molecule has 0 radical (unpaired) electrons. The molecule has 1 heterocycles. The number of carbonyl (C=O) groups excluding carboxylic acids is 1. The van der Waals surface area contributed by atoms with Gasteiger partial charge in [-0.1, -0.05) is 44.2 Å². The number of hydrogen-bond donors (Lipinski definition) is 1. The molecule has 3 rings (SSSR count). The number of benzene rings is 2. The van der Waals surface area contributed by atoms with Crippen LogP contribution in [0.3, 0.4) is 0 Å². The van der Waals surface area contributed by atoms with Gasteiger partial charge in [0.2, 0.25) is 5.91 Å². The fourth-order valence-corrected chi connectivity index (χ4v) is 3.99. The predicted molar refractivity (Wildman–Crippen MR) is 126 cm³/mol. The van der Waals surface area contributed by atoms with E-state index in [0.29, 0.717) is 24.0 Å². The van der Waals surface area contributed by atoms with Gasteiger partial charge in [-0.15, -0.1) is 0 Å². The number of piperidine rings is 1. The summed E-state index contributed by atoms with van der Waals surface area (Å²) in [6.45, 7) is 7.75. The second-order valence-corrected chi connectivity index (χ2v) is 8.79. The van der Waals surface area contributed by atoms with Crippen molar-refractivity contribution in [3.63, 3.8) is 0 Å². The Kier molecular flexibility index (Phi) is 8.77. The summed E-state index contributed by atoms with van der Waals surface area (Å²) in [5, 5.41) is 3.09. The summed E-state index contributed by atoms with van der Waals surface area (Å²) in [5.74, 6) is 1.87. The molecule has 1 fully saturated rings. The molecule has 1 atom stereocenters. The van der Waals surface area contributed by atoms with Gasteiger partial charge in [-0.05, 0) is 62.4 Å². The van der Waals surface area contributed by atoms with Crippen molar-refractivity contribution in [3.05, 3.63) is 54.1 Å². The lowest BCUT2D eigenvalue weighted by atomic mass is 9.96. The fourth-order valence-electron chi connectivity index (χ4n) is 3.99. The summed E-state index contributed by atoms with van der Waals surface area (Å²) in [5.41, 5.74) is 2.13. The maximum absolute atomic E-state index is 12.9. The van der Waals surface area contributed by atoms with Crippen LogP contribution in [-0.4, -0.2) is 44.2 Å². The molecule has 5 heteroatoms. The van der Waals surface area contributed by atoms with Crippen LogP contribution < -0.4 is 14.8 Å². The van der Waals surface area contributed by atoms with Crippen molar-refractivity contribution in [2.24, 2.45) is 11.8 Å². The molecule has 0 aromatic heterocycles. The highest BCUT2D eigenvalue weighted by molar-refractivity contribution is 5.93. The van der Waals surface area contributed by atoms with Gasteiger partial charge in [-0.3, -0.25) is 4.79 Å². The first kappa shape index (κ1) is 23.1. The van der Waals surface area contributed by atoms with Gasteiger partial charge in [0.1, 0.15) is 0 Å². The zero-order valence-corrected chi connectivity index (χ0v) is 19.1. The number of carbonyl (C=O) groups is 1. The quantitative estimate of drug-likeness (QED) is 0.582. The van der Waals surface area contributed by atoms with Crippen LogP contribution in [0.25, 0.3) is 0 Å². The second-order valence-electron chi connectivity index (χ2n) is 8.79. The number of nitrogens with zero attached hydrogens (tertiary/aromatic N) is 1. The zero-order valence-electron chi connectivity index (χ0n) is 19.1. The molecule has 1 saturated heterocycles. The monoisotopic (exact) mass is 424 g/mol. The topological polar surface area (TPSA) is 50.8 Å². The maximum atomic E-state index is 12.9. The van der Waals surface area contributed by atoms with Crippen molar-refractivity contribution in [3.8, 4) is 11.5 Å². The number of rotatable bonds is 10. The number of anilines is 1. The van der Waals surface area contributed by atoms with Crippen LogP contribution >= 0.6 is 0 Å². The fraction of sp³-hybridized carbons (Fsp3) is 0.500. The molecular weight excluding hydrogens is 388 g/mol. The second kappa shape index (κ2) is 11.8. The average molecular weight is 425 g/mol. The normalized spacial score (nSPS) is 16.8. The number of ether oxygens (including phenoxy) is 2. The molecule has 1 N–H and O–H groups in total. The molecule has 1 aliphatic rings. The lowest BCUT2D eigenvalue weighted by Crippen LogP contribution is -2.41. The van der Waals surface area contributed by atoms with Crippen LogP contribution in [0, 0.1) is 11.8 Å². The Morgan fingerprint density at radius 1 is 1.16 bits per heavy atom. The Morgan fingerprint density at radius 3 is 2.71 bits per heavy atom. The highest BCUT2D eigenvalue weighted by Crippen LogP contribution is 2.31. The molecule has 5 nitrogen and oxygen atoms in total. The summed E-state index contributed by atoms with van der Waals surface area (Å²) >= 11 is 0. The van der Waals surface area contributed by atoms with E-state index >= 15 is 0 Å². The predicted octanol–water partition coefficient (Wildman–Crippen LogP) is 5.01. The van der Waals surface area contributed by atoms with Gasteiger partial charge in [0, 0.05) is 18.3 Å².